The smallest absolute Gasteiger partial charge is 0.303 e. The summed E-state index contributed by atoms with van der Waals surface area (Å²) in [5.41, 5.74) is 2.32. The maximum absolute atomic E-state index is 13.0. The molecule has 1 aromatic heterocycles. The summed E-state index contributed by atoms with van der Waals surface area (Å²) in [6.07, 6.45) is 3.02. The largest absolute Gasteiger partial charge is 0.481 e. The van der Waals surface area contributed by atoms with E-state index in [9.17, 15) is 9.59 Å². The number of carboxylic acid groups (broad SMARTS) is 1. The number of aryl methyl sites for hydroxylation is 2. The molecule has 26 heavy (non-hydrogen) atoms. The fourth-order valence-electron chi connectivity index (χ4n) is 2.86. The topological polar surface area (TPSA) is 85.7 Å². The highest BCUT2D eigenvalue weighted by Crippen LogP contribution is 2.33. The first kappa shape index (κ1) is 17.9. The number of unbranched alkanes of at least 4 members (excludes halogenated alkanes) is 1. The summed E-state index contributed by atoms with van der Waals surface area (Å²) in [4.78, 5) is 28.5. The minimum Gasteiger partial charge on any atom is -0.481 e. The first-order valence-corrected chi connectivity index (χ1v) is 8.73. The number of hydrogen-bond donors (Lipinski definition) is 1. The van der Waals surface area contributed by atoms with Crippen LogP contribution in [0.2, 0.25) is 0 Å². The Morgan fingerprint density at radius 1 is 1.12 bits per heavy atom. The molecule has 136 valence electrons. The van der Waals surface area contributed by atoms with E-state index in [1.807, 2.05) is 6.07 Å². The Kier molecular flexibility index (Phi) is 5.51. The number of ketones is 1. The van der Waals surface area contributed by atoms with Crippen LogP contribution in [-0.2, 0) is 17.6 Å². The molecule has 0 unspecified atom stereocenters. The zero-order valence-electron chi connectivity index (χ0n) is 14.7. The Bertz CT molecular complexity index is 831. The van der Waals surface area contributed by atoms with E-state index in [1.165, 1.54) is 0 Å². The second-order valence-electron chi connectivity index (χ2n) is 6.19. The van der Waals surface area contributed by atoms with Crippen LogP contribution in [0.3, 0.4) is 0 Å². The number of ether oxygens (including phenoxy) is 2. The molecule has 0 saturated carbocycles. The molecule has 1 N–H and O–H groups in total. The SMILES string of the molecule is CCCCc1ccc(C(=O)c2ccc3c(c2)OCO3)c(CCC(=O)O)n1. The van der Waals surface area contributed by atoms with Crippen LogP contribution < -0.4 is 9.47 Å². The first-order chi connectivity index (χ1) is 12.6. The Hall–Kier alpha value is -2.89. The van der Waals surface area contributed by atoms with Gasteiger partial charge in [0.05, 0.1) is 12.1 Å². The zero-order valence-corrected chi connectivity index (χ0v) is 14.7. The van der Waals surface area contributed by atoms with Crippen molar-refractivity contribution >= 4 is 11.8 Å². The van der Waals surface area contributed by atoms with Crippen molar-refractivity contribution in [3.63, 3.8) is 0 Å². The van der Waals surface area contributed by atoms with E-state index in [1.54, 1.807) is 24.3 Å². The molecule has 2 aromatic rings. The number of fused-ring (bicyclic) bond motifs is 1. The molecule has 2 heterocycles. The highest BCUT2D eigenvalue weighted by atomic mass is 16.7. The predicted octanol–water partition coefficient (Wildman–Crippen LogP) is 3.40. The number of hydrogen-bond acceptors (Lipinski definition) is 5. The molecular formula is C20H21NO5. The van der Waals surface area contributed by atoms with E-state index in [4.69, 9.17) is 14.6 Å². The highest BCUT2D eigenvalue weighted by Gasteiger charge is 2.20. The van der Waals surface area contributed by atoms with E-state index < -0.39 is 5.97 Å². The third kappa shape index (κ3) is 4.02. The number of benzene rings is 1. The van der Waals surface area contributed by atoms with Crippen molar-refractivity contribution in [3.05, 3.63) is 52.8 Å². The van der Waals surface area contributed by atoms with Crippen LogP contribution in [0.5, 0.6) is 11.5 Å². The van der Waals surface area contributed by atoms with Crippen LogP contribution in [0.4, 0.5) is 0 Å². The zero-order chi connectivity index (χ0) is 18.5. The normalized spacial score (nSPS) is 12.2. The van der Waals surface area contributed by atoms with Gasteiger partial charge in [0.1, 0.15) is 0 Å². The maximum atomic E-state index is 13.0. The quantitative estimate of drug-likeness (QED) is 0.731. The third-order valence-electron chi connectivity index (χ3n) is 4.27. The lowest BCUT2D eigenvalue weighted by molar-refractivity contribution is -0.136. The lowest BCUT2D eigenvalue weighted by atomic mass is 9.98. The van der Waals surface area contributed by atoms with Gasteiger partial charge in [-0.2, -0.15) is 0 Å². The molecule has 0 fully saturated rings. The van der Waals surface area contributed by atoms with Crippen molar-refractivity contribution in [2.24, 2.45) is 0 Å². The molecule has 1 aliphatic heterocycles. The van der Waals surface area contributed by atoms with Crippen LogP contribution in [-0.4, -0.2) is 28.6 Å². The van der Waals surface area contributed by atoms with Crippen LogP contribution in [0.15, 0.2) is 30.3 Å². The van der Waals surface area contributed by atoms with Gasteiger partial charge in [0.15, 0.2) is 17.3 Å². The minimum atomic E-state index is -0.910. The highest BCUT2D eigenvalue weighted by molar-refractivity contribution is 6.10. The van der Waals surface area contributed by atoms with Crippen LogP contribution >= 0.6 is 0 Å². The number of pyridine rings is 1. The molecule has 1 aromatic carbocycles. The molecule has 3 rings (SSSR count). The summed E-state index contributed by atoms with van der Waals surface area (Å²) in [5, 5.41) is 8.99. The van der Waals surface area contributed by atoms with Crippen molar-refractivity contribution in [1.82, 2.24) is 4.98 Å². The van der Waals surface area contributed by atoms with Gasteiger partial charge in [-0.1, -0.05) is 13.3 Å². The van der Waals surface area contributed by atoms with Crippen molar-refractivity contribution in [2.45, 2.75) is 39.0 Å². The molecule has 1 aliphatic rings. The van der Waals surface area contributed by atoms with Crippen LogP contribution in [0.25, 0.3) is 0 Å². The van der Waals surface area contributed by atoms with Gasteiger partial charge in [0, 0.05) is 23.2 Å². The van der Waals surface area contributed by atoms with Crippen LogP contribution in [0.1, 0.15) is 53.5 Å². The van der Waals surface area contributed by atoms with Gasteiger partial charge in [-0.25, -0.2) is 0 Å². The van der Waals surface area contributed by atoms with Gasteiger partial charge < -0.3 is 14.6 Å². The number of nitrogens with zero attached hydrogens (tertiary/aromatic N) is 1. The Morgan fingerprint density at radius 3 is 2.69 bits per heavy atom. The lowest BCUT2D eigenvalue weighted by Crippen LogP contribution is -2.11. The molecule has 0 amide bonds. The molecular weight excluding hydrogens is 334 g/mol. The summed E-state index contributed by atoms with van der Waals surface area (Å²) >= 11 is 0. The fourth-order valence-corrected chi connectivity index (χ4v) is 2.86. The molecule has 6 heteroatoms. The molecule has 0 aliphatic carbocycles. The number of carbonyl (C=O) groups excluding carboxylic acids is 1. The number of carbonyl (C=O) groups is 2. The maximum Gasteiger partial charge on any atom is 0.303 e. The molecule has 0 saturated heterocycles. The van der Waals surface area contributed by atoms with Gasteiger partial charge in [-0.05, 0) is 43.2 Å². The third-order valence-corrected chi connectivity index (χ3v) is 4.27. The monoisotopic (exact) mass is 355 g/mol. The summed E-state index contributed by atoms with van der Waals surface area (Å²) in [5.74, 6) is 0.0432. The molecule has 0 radical (unpaired) electrons. The molecule has 6 nitrogen and oxygen atoms in total. The Morgan fingerprint density at radius 2 is 1.92 bits per heavy atom. The molecule has 0 atom stereocenters. The Labute approximate surface area is 151 Å². The number of aliphatic carboxylic acids is 1. The number of aromatic nitrogens is 1. The van der Waals surface area contributed by atoms with E-state index in [2.05, 4.69) is 11.9 Å². The summed E-state index contributed by atoms with van der Waals surface area (Å²) in [6, 6.07) is 8.64. The second kappa shape index (κ2) is 7.99. The summed E-state index contributed by atoms with van der Waals surface area (Å²) in [7, 11) is 0. The van der Waals surface area contributed by atoms with Crippen molar-refractivity contribution in [3.8, 4) is 11.5 Å². The predicted molar refractivity (Wildman–Crippen MR) is 94.8 cm³/mol. The van der Waals surface area contributed by atoms with E-state index in [-0.39, 0.29) is 25.4 Å². The fraction of sp³-hybridized carbons (Fsp3) is 0.350. The van der Waals surface area contributed by atoms with Crippen LogP contribution in [0, 0.1) is 0 Å². The van der Waals surface area contributed by atoms with Crippen molar-refractivity contribution in [1.29, 1.82) is 0 Å². The van der Waals surface area contributed by atoms with Crippen molar-refractivity contribution in [2.75, 3.05) is 6.79 Å². The summed E-state index contributed by atoms with van der Waals surface area (Å²) < 4.78 is 10.6. The standard InChI is InChI=1S/C20H21NO5/c1-2-3-4-14-6-7-15(16(21-14)8-10-19(22)23)20(24)13-5-9-17-18(11-13)26-12-25-17/h5-7,9,11H,2-4,8,10,12H2,1H3,(H,22,23). The Balaban J connectivity index is 1.91. The van der Waals surface area contributed by atoms with Gasteiger partial charge in [0.2, 0.25) is 6.79 Å². The summed E-state index contributed by atoms with van der Waals surface area (Å²) in [6.45, 7) is 2.24. The first-order valence-electron chi connectivity index (χ1n) is 8.73. The second-order valence-corrected chi connectivity index (χ2v) is 6.19. The van der Waals surface area contributed by atoms with Gasteiger partial charge >= 0.3 is 5.97 Å². The van der Waals surface area contributed by atoms with E-state index >= 15 is 0 Å². The van der Waals surface area contributed by atoms with Gasteiger partial charge in [-0.15, -0.1) is 0 Å². The lowest BCUT2D eigenvalue weighted by Gasteiger charge is -2.10. The van der Waals surface area contributed by atoms with E-state index in [0.29, 0.717) is 28.3 Å². The average Bonchev–Trinajstić information content (AvgIpc) is 3.11. The number of rotatable bonds is 8. The molecule has 0 spiro atoms. The minimum absolute atomic E-state index is 0.0638. The average molecular weight is 355 g/mol. The van der Waals surface area contributed by atoms with E-state index in [0.717, 1.165) is 25.0 Å². The van der Waals surface area contributed by atoms with Crippen molar-refractivity contribution < 1.29 is 24.2 Å². The molecule has 0 bridgehead atoms. The van der Waals surface area contributed by atoms with Gasteiger partial charge in [-0.3, -0.25) is 14.6 Å². The van der Waals surface area contributed by atoms with Gasteiger partial charge in [0.25, 0.3) is 0 Å². The number of carboxylic acids is 1.